The van der Waals surface area contributed by atoms with Crippen LogP contribution in [0.15, 0.2) is 35.3 Å². The highest BCUT2D eigenvalue weighted by atomic mass is 16.1. The van der Waals surface area contributed by atoms with E-state index in [-0.39, 0.29) is 5.56 Å². The van der Waals surface area contributed by atoms with Crippen molar-refractivity contribution < 1.29 is 0 Å². The van der Waals surface area contributed by atoms with Gasteiger partial charge in [-0.25, -0.2) is 9.97 Å². The molecule has 0 spiro atoms. The molecule has 4 N–H and O–H groups in total. The maximum atomic E-state index is 11.2. The van der Waals surface area contributed by atoms with E-state index in [0.717, 1.165) is 5.52 Å². The van der Waals surface area contributed by atoms with Gasteiger partial charge in [-0.2, -0.15) is 0 Å². The van der Waals surface area contributed by atoms with Crippen LogP contribution in [0.2, 0.25) is 0 Å². The summed E-state index contributed by atoms with van der Waals surface area (Å²) in [5, 5.41) is 0. The van der Waals surface area contributed by atoms with Crippen molar-refractivity contribution in [2.24, 2.45) is 0 Å². The molecule has 0 unspecified atom stereocenters. The molecule has 0 aliphatic heterocycles. The Morgan fingerprint density at radius 1 is 1.18 bits per heavy atom. The second kappa shape index (κ2) is 3.44. The number of nitrogens with one attached hydrogen (secondary N) is 2. The minimum absolute atomic E-state index is 0.171. The molecule has 0 amide bonds. The molecule has 0 atom stereocenters. The van der Waals surface area contributed by atoms with Crippen molar-refractivity contribution in [2.45, 2.75) is 0 Å². The lowest BCUT2D eigenvalue weighted by Gasteiger charge is -1.92. The lowest BCUT2D eigenvalue weighted by Crippen LogP contribution is -2.02. The highest BCUT2D eigenvalue weighted by Gasteiger charge is 2.06. The van der Waals surface area contributed by atoms with E-state index in [1.807, 2.05) is 0 Å². The van der Waals surface area contributed by atoms with Crippen LogP contribution < -0.4 is 11.3 Å². The molecule has 0 radical (unpaired) electrons. The molecule has 3 aromatic rings. The van der Waals surface area contributed by atoms with E-state index < -0.39 is 0 Å². The summed E-state index contributed by atoms with van der Waals surface area (Å²) in [6.07, 6.45) is 1.58. The van der Waals surface area contributed by atoms with E-state index in [4.69, 9.17) is 5.73 Å². The number of aromatic amines is 2. The van der Waals surface area contributed by atoms with E-state index in [2.05, 4.69) is 19.9 Å². The fraction of sp³-hybridized carbons (Fsp3) is 0. The first kappa shape index (κ1) is 9.59. The minimum atomic E-state index is -0.171. The van der Waals surface area contributed by atoms with Gasteiger partial charge >= 0.3 is 0 Å². The molecule has 0 aromatic carbocycles. The van der Waals surface area contributed by atoms with Gasteiger partial charge in [0.15, 0.2) is 5.65 Å². The van der Waals surface area contributed by atoms with Crippen LogP contribution in [0.5, 0.6) is 0 Å². The number of aromatic nitrogens is 4. The van der Waals surface area contributed by atoms with Crippen LogP contribution in [-0.2, 0) is 0 Å². The Balaban J connectivity index is 2.21. The first-order valence-corrected chi connectivity index (χ1v) is 5.04. The summed E-state index contributed by atoms with van der Waals surface area (Å²) >= 11 is 0. The van der Waals surface area contributed by atoms with Gasteiger partial charge < -0.3 is 15.7 Å². The highest BCUT2D eigenvalue weighted by Crippen LogP contribution is 2.18. The fourth-order valence-electron chi connectivity index (χ4n) is 1.64. The highest BCUT2D eigenvalue weighted by molar-refractivity contribution is 5.77. The van der Waals surface area contributed by atoms with E-state index in [9.17, 15) is 4.79 Å². The number of nitrogen functional groups attached to an aromatic ring is 1. The zero-order chi connectivity index (χ0) is 11.8. The lowest BCUT2D eigenvalue weighted by atomic mass is 10.2. The van der Waals surface area contributed by atoms with Crippen LogP contribution in [0, 0.1) is 0 Å². The minimum Gasteiger partial charge on any atom is -0.384 e. The second-order valence-corrected chi connectivity index (χ2v) is 3.63. The van der Waals surface area contributed by atoms with E-state index in [1.54, 1.807) is 24.4 Å². The third-order valence-electron chi connectivity index (χ3n) is 2.42. The first-order chi connectivity index (χ1) is 8.22. The summed E-state index contributed by atoms with van der Waals surface area (Å²) in [5.41, 5.74) is 7.45. The van der Waals surface area contributed by atoms with Gasteiger partial charge in [0.05, 0.1) is 5.52 Å². The molecule has 3 aromatic heterocycles. The third-order valence-corrected chi connectivity index (χ3v) is 2.42. The molecule has 3 rings (SSSR count). The van der Waals surface area contributed by atoms with Crippen LogP contribution in [0.25, 0.3) is 22.6 Å². The molecule has 0 saturated heterocycles. The van der Waals surface area contributed by atoms with E-state index in [1.165, 1.54) is 6.07 Å². The number of rotatable bonds is 1. The number of anilines is 1. The molecule has 0 bridgehead atoms. The van der Waals surface area contributed by atoms with Crippen molar-refractivity contribution in [3.05, 3.63) is 40.8 Å². The van der Waals surface area contributed by atoms with Crippen molar-refractivity contribution in [1.29, 1.82) is 0 Å². The Hall–Kier alpha value is -2.63. The summed E-state index contributed by atoms with van der Waals surface area (Å²) in [5.74, 6) is 1.02. The topological polar surface area (TPSA) is 100 Å². The van der Waals surface area contributed by atoms with Crippen molar-refractivity contribution in [2.75, 3.05) is 5.73 Å². The Morgan fingerprint density at radius 3 is 2.88 bits per heavy atom. The van der Waals surface area contributed by atoms with Crippen LogP contribution in [0.3, 0.4) is 0 Å². The molecule has 17 heavy (non-hydrogen) atoms. The number of imidazole rings is 1. The Kier molecular flexibility index (Phi) is 1.94. The van der Waals surface area contributed by atoms with Crippen molar-refractivity contribution in [3.8, 4) is 11.4 Å². The van der Waals surface area contributed by atoms with Gasteiger partial charge in [-0.15, -0.1) is 0 Å². The van der Waals surface area contributed by atoms with Crippen molar-refractivity contribution in [3.63, 3.8) is 0 Å². The molecule has 0 saturated carbocycles. The molecule has 0 aliphatic carbocycles. The predicted molar refractivity (Wildman–Crippen MR) is 64.4 cm³/mol. The Bertz CT molecular complexity index is 743. The summed E-state index contributed by atoms with van der Waals surface area (Å²) < 4.78 is 0. The average molecular weight is 227 g/mol. The van der Waals surface area contributed by atoms with Crippen LogP contribution in [0.1, 0.15) is 0 Å². The van der Waals surface area contributed by atoms with Gasteiger partial charge in [0.25, 0.3) is 0 Å². The zero-order valence-electron chi connectivity index (χ0n) is 8.77. The van der Waals surface area contributed by atoms with Crippen molar-refractivity contribution in [1.82, 2.24) is 19.9 Å². The standard InChI is InChI=1S/C11H9N5O/c12-8-2-1-7-11(15-8)16-10(14-7)6-3-4-13-9(17)5-6/h1-5H,(H,13,17)(H3,12,14,15,16). The average Bonchev–Trinajstić information content (AvgIpc) is 2.72. The molecule has 0 aliphatic rings. The largest absolute Gasteiger partial charge is 0.384 e. The number of pyridine rings is 2. The van der Waals surface area contributed by atoms with Gasteiger partial charge in [-0.3, -0.25) is 4.79 Å². The number of nitrogens with zero attached hydrogens (tertiary/aromatic N) is 2. The van der Waals surface area contributed by atoms with Gasteiger partial charge in [0.1, 0.15) is 11.6 Å². The third kappa shape index (κ3) is 1.65. The smallest absolute Gasteiger partial charge is 0.248 e. The van der Waals surface area contributed by atoms with Crippen LogP contribution >= 0.6 is 0 Å². The summed E-state index contributed by atoms with van der Waals surface area (Å²) in [6.45, 7) is 0. The van der Waals surface area contributed by atoms with Gasteiger partial charge in [0, 0.05) is 17.8 Å². The van der Waals surface area contributed by atoms with Crippen LogP contribution in [-0.4, -0.2) is 19.9 Å². The maximum Gasteiger partial charge on any atom is 0.248 e. The van der Waals surface area contributed by atoms with E-state index >= 15 is 0 Å². The number of hydrogen-bond acceptors (Lipinski definition) is 4. The predicted octanol–water partition coefficient (Wildman–Crippen LogP) is 0.895. The molecule has 6 nitrogen and oxygen atoms in total. The van der Waals surface area contributed by atoms with E-state index in [0.29, 0.717) is 22.9 Å². The molecule has 84 valence electrons. The lowest BCUT2D eigenvalue weighted by molar-refractivity contribution is 1.22. The fourth-order valence-corrected chi connectivity index (χ4v) is 1.64. The molecular weight excluding hydrogens is 218 g/mol. The van der Waals surface area contributed by atoms with Gasteiger partial charge in [-0.1, -0.05) is 0 Å². The summed E-state index contributed by atoms with van der Waals surface area (Å²) in [7, 11) is 0. The quantitative estimate of drug-likeness (QED) is 0.574. The molecule has 6 heteroatoms. The second-order valence-electron chi connectivity index (χ2n) is 3.63. The molecule has 0 fully saturated rings. The summed E-state index contributed by atoms with van der Waals surface area (Å²) in [6, 6.07) is 6.74. The Labute approximate surface area is 95.5 Å². The van der Waals surface area contributed by atoms with Gasteiger partial charge in [-0.05, 0) is 18.2 Å². The zero-order valence-corrected chi connectivity index (χ0v) is 8.77. The number of fused-ring (bicyclic) bond motifs is 1. The first-order valence-electron chi connectivity index (χ1n) is 5.04. The molecular formula is C11H9N5O. The SMILES string of the molecule is Nc1ccc2[nH]c(-c3cc[nH]c(=O)c3)nc2n1. The molecule has 3 heterocycles. The monoisotopic (exact) mass is 227 g/mol. The normalized spacial score (nSPS) is 10.8. The van der Waals surface area contributed by atoms with Gasteiger partial charge in [0.2, 0.25) is 5.56 Å². The van der Waals surface area contributed by atoms with Crippen LogP contribution in [0.4, 0.5) is 5.82 Å². The number of nitrogens with two attached hydrogens (primary N) is 1. The van der Waals surface area contributed by atoms with Crippen molar-refractivity contribution >= 4 is 17.0 Å². The Morgan fingerprint density at radius 2 is 2.06 bits per heavy atom. The number of hydrogen-bond donors (Lipinski definition) is 3. The summed E-state index contributed by atoms with van der Waals surface area (Å²) in [4.78, 5) is 25.2. The number of H-pyrrole nitrogens is 2. The maximum absolute atomic E-state index is 11.2.